The van der Waals surface area contributed by atoms with Gasteiger partial charge in [0.25, 0.3) is 0 Å². The third kappa shape index (κ3) is 4.56. The molecule has 2 aromatic heterocycles. The Labute approximate surface area is 194 Å². The Morgan fingerprint density at radius 2 is 1.79 bits per heavy atom. The summed E-state index contributed by atoms with van der Waals surface area (Å²) in [5.41, 5.74) is 1.56. The van der Waals surface area contributed by atoms with E-state index in [-0.39, 0.29) is 23.3 Å². The molecule has 4 rings (SSSR count). The number of anilines is 1. The van der Waals surface area contributed by atoms with Gasteiger partial charge in [-0.1, -0.05) is 0 Å². The normalized spacial score (nSPS) is 10.8. The molecule has 2 heterocycles. The highest BCUT2D eigenvalue weighted by Crippen LogP contribution is 2.18. The number of pyridine rings is 2. The van der Waals surface area contributed by atoms with Gasteiger partial charge in [-0.15, -0.1) is 0 Å². The zero-order chi connectivity index (χ0) is 24.4. The average Bonchev–Trinajstić information content (AvgIpc) is 2.82. The third-order valence-corrected chi connectivity index (χ3v) is 5.41. The van der Waals surface area contributed by atoms with Gasteiger partial charge in [0, 0.05) is 23.1 Å². The number of methoxy groups -OCH3 is 1. The molecule has 0 aliphatic carbocycles. The predicted octanol–water partition coefficient (Wildman–Crippen LogP) is 4.03. The molecule has 34 heavy (non-hydrogen) atoms. The van der Waals surface area contributed by atoms with E-state index < -0.39 is 17.1 Å². The van der Waals surface area contributed by atoms with Gasteiger partial charge in [0.2, 0.25) is 11.3 Å². The molecule has 7 nitrogen and oxygen atoms in total. The first-order valence-corrected chi connectivity index (χ1v) is 10.5. The summed E-state index contributed by atoms with van der Waals surface area (Å²) in [6.07, 6.45) is 1.36. The van der Waals surface area contributed by atoms with Gasteiger partial charge in [-0.25, -0.2) is 9.37 Å². The fraction of sp³-hybridized carbons (Fsp3) is 0.154. The van der Waals surface area contributed by atoms with Crippen LogP contribution in [0.3, 0.4) is 0 Å². The van der Waals surface area contributed by atoms with Crippen LogP contribution in [0.2, 0.25) is 0 Å². The number of nitrogens with one attached hydrogen (secondary N) is 1. The average molecular weight is 459 g/mol. The Balaban J connectivity index is 1.74. The maximum Gasteiger partial charge on any atom is 0.244 e. The van der Waals surface area contributed by atoms with Crippen molar-refractivity contribution in [3.8, 4) is 5.75 Å². The summed E-state index contributed by atoms with van der Waals surface area (Å²) in [4.78, 5) is 43.5. The summed E-state index contributed by atoms with van der Waals surface area (Å²) >= 11 is 0. The first kappa shape index (κ1) is 22.8. The van der Waals surface area contributed by atoms with Crippen LogP contribution in [0.5, 0.6) is 5.75 Å². The van der Waals surface area contributed by atoms with Crippen LogP contribution in [0.4, 0.5) is 10.1 Å². The molecule has 0 spiro atoms. The zero-order valence-electron chi connectivity index (χ0n) is 18.9. The van der Waals surface area contributed by atoms with Crippen LogP contribution in [0, 0.1) is 19.7 Å². The molecule has 1 N–H and O–H groups in total. The Hall–Kier alpha value is -4.33. The molecular formula is C26H22FN3O4. The van der Waals surface area contributed by atoms with Crippen molar-refractivity contribution in [3.05, 3.63) is 99.2 Å². The maximum absolute atomic E-state index is 13.5. The van der Waals surface area contributed by atoms with Crippen LogP contribution in [0.1, 0.15) is 27.2 Å². The summed E-state index contributed by atoms with van der Waals surface area (Å²) in [6.45, 7) is 3.17. The van der Waals surface area contributed by atoms with E-state index in [1.54, 1.807) is 50.2 Å². The van der Waals surface area contributed by atoms with Crippen molar-refractivity contribution in [3.63, 3.8) is 0 Å². The molecule has 0 radical (unpaired) electrons. The number of aryl methyl sites for hydroxylation is 2. The molecule has 0 atom stereocenters. The number of halogens is 1. The van der Waals surface area contributed by atoms with Crippen molar-refractivity contribution >= 4 is 28.4 Å². The molecule has 1 amide bonds. The van der Waals surface area contributed by atoms with E-state index in [1.165, 1.54) is 36.1 Å². The van der Waals surface area contributed by atoms with Gasteiger partial charge in [0.05, 0.1) is 18.1 Å². The van der Waals surface area contributed by atoms with E-state index in [2.05, 4.69) is 10.3 Å². The summed E-state index contributed by atoms with van der Waals surface area (Å²) in [7, 11) is 1.52. The summed E-state index contributed by atoms with van der Waals surface area (Å²) in [5, 5.41) is 2.95. The Bertz CT molecular complexity index is 1480. The second-order valence-electron chi connectivity index (χ2n) is 7.89. The molecular weight excluding hydrogens is 437 g/mol. The van der Waals surface area contributed by atoms with E-state index in [9.17, 15) is 18.8 Å². The van der Waals surface area contributed by atoms with Gasteiger partial charge in [-0.2, -0.15) is 0 Å². The van der Waals surface area contributed by atoms with Crippen LogP contribution >= 0.6 is 0 Å². The number of amides is 1. The minimum Gasteiger partial charge on any atom is -0.497 e. The zero-order valence-corrected chi connectivity index (χ0v) is 18.9. The lowest BCUT2D eigenvalue weighted by Crippen LogP contribution is -2.25. The van der Waals surface area contributed by atoms with Crippen LogP contribution < -0.4 is 15.5 Å². The monoisotopic (exact) mass is 459 g/mol. The van der Waals surface area contributed by atoms with Gasteiger partial charge < -0.3 is 14.6 Å². The molecule has 0 saturated heterocycles. The van der Waals surface area contributed by atoms with Gasteiger partial charge >= 0.3 is 0 Å². The highest BCUT2D eigenvalue weighted by molar-refractivity contribution is 6.10. The first-order valence-electron chi connectivity index (χ1n) is 10.5. The van der Waals surface area contributed by atoms with Gasteiger partial charge in [0.1, 0.15) is 23.8 Å². The van der Waals surface area contributed by atoms with Gasteiger partial charge in [-0.3, -0.25) is 14.4 Å². The topological polar surface area (TPSA) is 90.3 Å². The molecule has 0 aliphatic heterocycles. The van der Waals surface area contributed by atoms with Gasteiger partial charge in [-0.05, 0) is 74.0 Å². The largest absolute Gasteiger partial charge is 0.497 e. The van der Waals surface area contributed by atoms with E-state index in [0.717, 1.165) is 0 Å². The predicted molar refractivity (Wildman–Crippen MR) is 127 cm³/mol. The number of carbonyl (C=O) groups is 2. The standard InChI is InChI=1S/C26H22FN3O4/c1-15-12-18(7-11-22(15)27)29-23(31)14-30-13-21(24(32)17-5-8-19(34-3)9-6-17)25(33)20-10-4-16(2)28-26(20)30/h4-13H,14H2,1-3H3,(H,29,31). The lowest BCUT2D eigenvalue weighted by molar-refractivity contribution is -0.116. The van der Waals surface area contributed by atoms with E-state index >= 15 is 0 Å². The molecule has 2 aromatic carbocycles. The number of nitrogens with zero attached hydrogens (tertiary/aromatic N) is 2. The number of hydrogen-bond donors (Lipinski definition) is 1. The first-order chi connectivity index (χ1) is 16.3. The minimum absolute atomic E-state index is 0.0752. The number of aromatic nitrogens is 2. The van der Waals surface area contributed by atoms with Crippen molar-refractivity contribution in [2.24, 2.45) is 0 Å². The number of ketones is 1. The van der Waals surface area contributed by atoms with Crippen molar-refractivity contribution < 1.29 is 18.7 Å². The summed E-state index contributed by atoms with van der Waals surface area (Å²) < 4.78 is 20.1. The van der Waals surface area contributed by atoms with E-state index in [4.69, 9.17) is 4.74 Å². The number of carbonyl (C=O) groups excluding carboxylic acids is 2. The molecule has 0 aliphatic rings. The van der Waals surface area contributed by atoms with Crippen LogP contribution in [-0.4, -0.2) is 28.4 Å². The molecule has 4 aromatic rings. The minimum atomic E-state index is -0.474. The van der Waals surface area contributed by atoms with E-state index in [0.29, 0.717) is 33.9 Å². The summed E-state index contributed by atoms with van der Waals surface area (Å²) in [6, 6.07) is 14.0. The second kappa shape index (κ2) is 9.27. The van der Waals surface area contributed by atoms with Crippen molar-refractivity contribution in [1.29, 1.82) is 0 Å². The number of ether oxygens (including phenoxy) is 1. The van der Waals surface area contributed by atoms with E-state index in [1.807, 2.05) is 0 Å². The fourth-order valence-electron chi connectivity index (χ4n) is 3.62. The number of hydrogen-bond acceptors (Lipinski definition) is 5. The lowest BCUT2D eigenvalue weighted by Gasteiger charge is -2.13. The Morgan fingerprint density at radius 1 is 1.06 bits per heavy atom. The Kier molecular flexibility index (Phi) is 6.23. The SMILES string of the molecule is COc1ccc(C(=O)c2cn(CC(=O)Nc3ccc(F)c(C)c3)c3nc(C)ccc3c2=O)cc1. The quantitative estimate of drug-likeness (QED) is 0.440. The molecule has 0 saturated carbocycles. The molecule has 0 unspecified atom stereocenters. The van der Waals surface area contributed by atoms with Crippen molar-refractivity contribution in [2.75, 3.05) is 12.4 Å². The molecule has 0 bridgehead atoms. The second-order valence-corrected chi connectivity index (χ2v) is 7.89. The number of benzene rings is 2. The number of fused-ring (bicyclic) bond motifs is 1. The molecule has 172 valence electrons. The van der Waals surface area contributed by atoms with Crippen LogP contribution in [0.25, 0.3) is 11.0 Å². The van der Waals surface area contributed by atoms with Gasteiger partial charge in [0.15, 0.2) is 5.78 Å². The Morgan fingerprint density at radius 3 is 2.47 bits per heavy atom. The third-order valence-electron chi connectivity index (χ3n) is 5.41. The van der Waals surface area contributed by atoms with Crippen LogP contribution in [-0.2, 0) is 11.3 Å². The smallest absolute Gasteiger partial charge is 0.244 e. The fourth-order valence-corrected chi connectivity index (χ4v) is 3.62. The summed E-state index contributed by atoms with van der Waals surface area (Å²) in [5.74, 6) is -0.675. The highest BCUT2D eigenvalue weighted by Gasteiger charge is 2.19. The van der Waals surface area contributed by atoms with Crippen LogP contribution in [0.15, 0.2) is 65.6 Å². The van der Waals surface area contributed by atoms with Crippen molar-refractivity contribution in [1.82, 2.24) is 9.55 Å². The highest BCUT2D eigenvalue weighted by atomic mass is 19.1. The molecule has 0 fully saturated rings. The molecule has 8 heteroatoms. The maximum atomic E-state index is 13.5. The number of rotatable bonds is 6. The van der Waals surface area contributed by atoms with Crippen molar-refractivity contribution in [2.45, 2.75) is 20.4 Å². The lowest BCUT2D eigenvalue weighted by atomic mass is 10.0.